The molecule has 6 heteroatoms. The van der Waals surface area contributed by atoms with Crippen molar-refractivity contribution in [2.45, 2.75) is 86.0 Å². The Balaban J connectivity index is 0.000000191. The predicted molar refractivity (Wildman–Crippen MR) is 320 cm³/mol. The van der Waals surface area contributed by atoms with E-state index in [1.165, 1.54) is 66.3 Å². The molecule has 0 unspecified atom stereocenters. The summed E-state index contributed by atoms with van der Waals surface area (Å²) in [4.78, 5) is 10.4. The van der Waals surface area contributed by atoms with Gasteiger partial charge in [-0.15, -0.1) is 53.6 Å². The van der Waals surface area contributed by atoms with E-state index >= 15 is 0 Å². The van der Waals surface area contributed by atoms with Gasteiger partial charge in [0, 0.05) is 36.9 Å². The molecule has 10 aromatic carbocycles. The van der Waals surface area contributed by atoms with E-state index in [0.717, 1.165) is 72.3 Å². The second-order valence-electron chi connectivity index (χ2n) is 21.6. The summed E-state index contributed by atoms with van der Waals surface area (Å²) in [5, 5.41) is 7.12. The normalized spacial score (nSPS) is 11.8. The van der Waals surface area contributed by atoms with E-state index in [1.807, 2.05) is 18.2 Å². The van der Waals surface area contributed by atoms with Crippen molar-refractivity contribution in [1.82, 2.24) is 19.1 Å². The molecule has 0 atom stereocenters. The van der Waals surface area contributed by atoms with Gasteiger partial charge < -0.3 is 13.6 Å². The summed E-state index contributed by atoms with van der Waals surface area (Å²) in [6.07, 6.45) is 0. The van der Waals surface area contributed by atoms with Gasteiger partial charge in [0.1, 0.15) is 5.58 Å². The second kappa shape index (κ2) is 20.9. The van der Waals surface area contributed by atoms with E-state index < -0.39 is 0 Å². The maximum absolute atomic E-state index is 6.87. The van der Waals surface area contributed by atoms with Gasteiger partial charge in [0.05, 0.1) is 39.3 Å². The van der Waals surface area contributed by atoms with Crippen molar-refractivity contribution >= 4 is 65.6 Å². The van der Waals surface area contributed by atoms with Crippen LogP contribution in [-0.2, 0) is 20.1 Å². The van der Waals surface area contributed by atoms with Crippen molar-refractivity contribution in [1.29, 1.82) is 0 Å². The molecule has 0 bridgehead atoms. The van der Waals surface area contributed by atoms with Crippen LogP contribution in [0.3, 0.4) is 0 Å². The van der Waals surface area contributed by atoms with Crippen LogP contribution >= 0.6 is 0 Å². The van der Waals surface area contributed by atoms with Gasteiger partial charge in [0.15, 0.2) is 0 Å². The third-order valence-electron chi connectivity index (χ3n) is 15.2. The Morgan fingerprint density at radius 3 is 1.65 bits per heavy atom. The van der Waals surface area contributed by atoms with Crippen LogP contribution in [0.25, 0.3) is 111 Å². The maximum Gasteiger partial charge on any atom is 0.121 e. The van der Waals surface area contributed by atoms with Crippen LogP contribution in [0.2, 0.25) is 0 Å². The van der Waals surface area contributed by atoms with Crippen molar-refractivity contribution in [3.63, 3.8) is 0 Å². The fourth-order valence-corrected chi connectivity index (χ4v) is 11.4. The summed E-state index contributed by atoms with van der Waals surface area (Å²) >= 11 is 0. The number of para-hydroxylation sites is 5. The molecule has 13 rings (SSSR count). The first-order valence-corrected chi connectivity index (χ1v) is 26.9. The summed E-state index contributed by atoms with van der Waals surface area (Å²) in [6, 6.07) is 73.8. The molecule has 0 N–H and O–H groups in total. The third-order valence-corrected chi connectivity index (χ3v) is 15.2. The van der Waals surface area contributed by atoms with Crippen LogP contribution in [-0.4, -0.2) is 19.1 Å². The summed E-state index contributed by atoms with van der Waals surface area (Å²) in [6.45, 7) is 20.4. The standard InChI is InChI=1S/C46H37N2O.C25H25N2.Ir/c1-27(2)36-23-33(30-13-7-6-8-14-30)24-37(28(3)4)44(36)48-41-18-12-11-17-40(41)47-46(48)35-22-19-29(5)43-39-26-38-32(25-42(39)49-45(35)43)21-20-31-15-9-10-16-34(31)38;1-17(2)20-13-10-14-21(18(3)4)24(20)27-23-16-9-8-15-22(23)26-25(27)19-11-6-5-7-12-19;/h6-21,23-28H,1-5H3;5-11,13-18H,1-4H3;/q2*-1;. The van der Waals surface area contributed by atoms with Crippen LogP contribution in [0, 0.1) is 19.1 Å². The quantitative estimate of drug-likeness (QED) is 0.107. The molecule has 77 heavy (non-hydrogen) atoms. The summed E-state index contributed by atoms with van der Waals surface area (Å²) in [7, 11) is 0. The Morgan fingerprint density at radius 1 is 0.455 bits per heavy atom. The van der Waals surface area contributed by atoms with Crippen LogP contribution < -0.4 is 0 Å². The third kappa shape index (κ3) is 9.08. The maximum atomic E-state index is 6.87. The molecular weight excluding hydrogens is 1120 g/mol. The zero-order valence-electron chi connectivity index (χ0n) is 45.2. The van der Waals surface area contributed by atoms with Crippen molar-refractivity contribution < 1.29 is 24.5 Å². The minimum absolute atomic E-state index is 0. The first kappa shape index (κ1) is 51.2. The zero-order chi connectivity index (χ0) is 52.4. The number of benzene rings is 10. The van der Waals surface area contributed by atoms with Crippen molar-refractivity contribution in [2.75, 3.05) is 0 Å². The van der Waals surface area contributed by atoms with Gasteiger partial charge >= 0.3 is 0 Å². The number of imidazole rings is 2. The molecular formula is C71H62IrN4O-2. The fourth-order valence-electron chi connectivity index (χ4n) is 11.4. The first-order chi connectivity index (χ1) is 36.9. The van der Waals surface area contributed by atoms with E-state index in [2.05, 4.69) is 253 Å². The number of hydrogen-bond donors (Lipinski definition) is 0. The minimum atomic E-state index is 0. The SMILES string of the molecule is CC(C)c1cccc(C(C)C)c1-n1c(-c2[c-]cccc2)nc2ccccc21.Cc1c[c-]c(-c2nc3ccccc3n2-c2c(C(C)C)cc(-c3ccccc3)cc2C(C)C)c2oc3cc4ccc5ccccc5c4cc3c12.[Ir]. The Morgan fingerprint density at radius 2 is 1.01 bits per heavy atom. The van der Waals surface area contributed by atoms with Gasteiger partial charge in [-0.25, -0.2) is 0 Å². The number of aryl methyl sites for hydroxylation is 1. The van der Waals surface area contributed by atoms with Gasteiger partial charge in [-0.1, -0.05) is 182 Å². The van der Waals surface area contributed by atoms with Crippen molar-refractivity contribution in [3.05, 3.63) is 228 Å². The summed E-state index contributed by atoms with van der Waals surface area (Å²) in [5.74, 6) is 3.20. The zero-order valence-corrected chi connectivity index (χ0v) is 47.6. The molecule has 0 fully saturated rings. The molecule has 13 aromatic rings. The second-order valence-corrected chi connectivity index (χ2v) is 21.6. The largest absolute Gasteiger partial charge is 0.501 e. The van der Waals surface area contributed by atoms with Gasteiger partial charge in [0.2, 0.25) is 0 Å². The Kier molecular flexibility index (Phi) is 13.9. The molecule has 0 amide bonds. The molecule has 0 aliphatic rings. The Bertz CT molecular complexity index is 4250. The molecule has 1 radical (unpaired) electrons. The minimum Gasteiger partial charge on any atom is -0.501 e. The van der Waals surface area contributed by atoms with Crippen LogP contribution in [0.15, 0.2) is 192 Å². The van der Waals surface area contributed by atoms with Gasteiger partial charge in [-0.05, 0) is 127 Å². The van der Waals surface area contributed by atoms with E-state index in [4.69, 9.17) is 14.4 Å². The van der Waals surface area contributed by atoms with Gasteiger partial charge in [-0.2, -0.15) is 0 Å². The van der Waals surface area contributed by atoms with E-state index in [1.54, 1.807) is 0 Å². The molecule has 0 spiro atoms. The van der Waals surface area contributed by atoms with E-state index in [0.29, 0.717) is 11.8 Å². The van der Waals surface area contributed by atoms with Crippen LogP contribution in [0.4, 0.5) is 0 Å². The van der Waals surface area contributed by atoms with Crippen molar-refractivity contribution in [2.24, 2.45) is 0 Å². The topological polar surface area (TPSA) is 48.8 Å². The first-order valence-electron chi connectivity index (χ1n) is 26.9. The van der Waals surface area contributed by atoms with Crippen molar-refractivity contribution in [3.8, 4) is 45.3 Å². The molecule has 0 aliphatic carbocycles. The molecule has 383 valence electrons. The summed E-state index contributed by atoms with van der Waals surface area (Å²) < 4.78 is 11.6. The number of hydrogen-bond acceptors (Lipinski definition) is 3. The van der Waals surface area contributed by atoms with Crippen LogP contribution in [0.1, 0.15) is 107 Å². The molecule has 0 aliphatic heterocycles. The average molecular weight is 1180 g/mol. The predicted octanol–water partition coefficient (Wildman–Crippen LogP) is 19.7. The molecule has 3 aromatic heterocycles. The number of fused-ring (bicyclic) bond motifs is 8. The number of rotatable bonds is 9. The van der Waals surface area contributed by atoms with Gasteiger partial charge in [-0.3, -0.25) is 9.97 Å². The molecule has 0 saturated carbocycles. The number of furan rings is 1. The monoisotopic (exact) mass is 1180 g/mol. The van der Waals surface area contributed by atoms with Crippen LogP contribution in [0.5, 0.6) is 0 Å². The van der Waals surface area contributed by atoms with E-state index in [-0.39, 0.29) is 31.9 Å². The average Bonchev–Trinajstić information content (AvgIpc) is 4.15. The van der Waals surface area contributed by atoms with E-state index in [9.17, 15) is 0 Å². The molecule has 0 saturated heterocycles. The molecule has 3 heterocycles. The Labute approximate surface area is 465 Å². The Hall–Kier alpha value is -7.89. The summed E-state index contributed by atoms with van der Waals surface area (Å²) in [5.41, 5.74) is 19.1. The molecule has 5 nitrogen and oxygen atoms in total. The number of nitrogens with zero attached hydrogens (tertiary/aromatic N) is 4. The smallest absolute Gasteiger partial charge is 0.121 e. The van der Waals surface area contributed by atoms with Gasteiger partial charge in [0.25, 0.3) is 0 Å². The fraction of sp³-hybridized carbons (Fsp3) is 0.183. The number of aromatic nitrogens is 4.